The molecule has 2 aromatic carbocycles. The maximum Gasteiger partial charge on any atom is 0.311 e. The first-order valence-corrected chi connectivity index (χ1v) is 7.88. The van der Waals surface area contributed by atoms with Gasteiger partial charge in [0.25, 0.3) is 0 Å². The summed E-state index contributed by atoms with van der Waals surface area (Å²) in [5.74, 6) is 0.107. The van der Waals surface area contributed by atoms with E-state index in [2.05, 4.69) is 5.32 Å². The van der Waals surface area contributed by atoms with Gasteiger partial charge in [-0.15, -0.1) is 0 Å². The maximum absolute atomic E-state index is 12.4. The van der Waals surface area contributed by atoms with Crippen molar-refractivity contribution < 1.29 is 19.1 Å². The number of fused-ring (bicyclic) bond motifs is 1. The predicted octanol–water partition coefficient (Wildman–Crippen LogP) is 3.77. The van der Waals surface area contributed by atoms with Gasteiger partial charge in [0.2, 0.25) is 5.91 Å². The van der Waals surface area contributed by atoms with E-state index in [4.69, 9.17) is 21.1 Å². The first-order chi connectivity index (χ1) is 11.6. The number of benzene rings is 2. The second-order valence-corrected chi connectivity index (χ2v) is 5.89. The summed E-state index contributed by atoms with van der Waals surface area (Å²) in [5.41, 5.74) is 1.29. The number of anilines is 1. The van der Waals surface area contributed by atoms with Gasteiger partial charge < -0.3 is 14.8 Å². The average molecular weight is 346 g/mol. The van der Waals surface area contributed by atoms with Crippen LogP contribution in [0.25, 0.3) is 0 Å². The molecule has 2 aromatic rings. The lowest BCUT2D eigenvalue weighted by molar-refractivity contribution is -0.136. The molecule has 5 nitrogen and oxygen atoms in total. The molecule has 0 aromatic heterocycles. The summed E-state index contributed by atoms with van der Waals surface area (Å²) < 4.78 is 10.4. The van der Waals surface area contributed by atoms with Crippen molar-refractivity contribution in [1.29, 1.82) is 0 Å². The van der Waals surface area contributed by atoms with Crippen molar-refractivity contribution in [2.24, 2.45) is 0 Å². The van der Waals surface area contributed by atoms with Gasteiger partial charge in [0.1, 0.15) is 11.5 Å². The Morgan fingerprint density at radius 1 is 1.29 bits per heavy atom. The van der Waals surface area contributed by atoms with Crippen molar-refractivity contribution in [1.82, 2.24) is 0 Å². The first kappa shape index (κ1) is 16.3. The van der Waals surface area contributed by atoms with Crippen LogP contribution in [-0.4, -0.2) is 19.0 Å². The van der Waals surface area contributed by atoms with Crippen LogP contribution in [0.3, 0.4) is 0 Å². The Morgan fingerprint density at radius 2 is 2.08 bits per heavy atom. The smallest absolute Gasteiger partial charge is 0.311 e. The maximum atomic E-state index is 12.4. The third-order valence-electron chi connectivity index (χ3n) is 3.87. The van der Waals surface area contributed by atoms with Gasteiger partial charge in [0.15, 0.2) is 0 Å². The Balaban J connectivity index is 1.79. The number of hydrogen-bond donors (Lipinski definition) is 1. The van der Waals surface area contributed by atoms with Crippen LogP contribution in [0.4, 0.5) is 5.69 Å². The summed E-state index contributed by atoms with van der Waals surface area (Å²) in [6.45, 7) is 0. The van der Waals surface area contributed by atoms with Gasteiger partial charge in [-0.3, -0.25) is 9.59 Å². The van der Waals surface area contributed by atoms with E-state index in [-0.39, 0.29) is 30.6 Å². The van der Waals surface area contributed by atoms with Crippen LogP contribution in [0.5, 0.6) is 11.5 Å². The second-order valence-electron chi connectivity index (χ2n) is 5.48. The lowest BCUT2D eigenvalue weighted by atomic mass is 9.89. The minimum atomic E-state index is -0.361. The van der Waals surface area contributed by atoms with Crippen LogP contribution in [0.15, 0.2) is 42.5 Å². The van der Waals surface area contributed by atoms with Crippen molar-refractivity contribution in [3.8, 4) is 11.5 Å². The summed E-state index contributed by atoms with van der Waals surface area (Å²) in [7, 11) is 1.54. The van der Waals surface area contributed by atoms with Gasteiger partial charge >= 0.3 is 5.97 Å². The molecule has 3 rings (SSSR count). The van der Waals surface area contributed by atoms with Gasteiger partial charge in [-0.1, -0.05) is 29.8 Å². The zero-order valence-electron chi connectivity index (χ0n) is 13.0. The molecule has 1 aliphatic heterocycles. The van der Waals surface area contributed by atoms with Gasteiger partial charge in [0.05, 0.1) is 19.2 Å². The van der Waals surface area contributed by atoms with E-state index in [1.165, 1.54) is 7.11 Å². The molecule has 0 bridgehead atoms. The molecule has 0 fully saturated rings. The molecule has 1 N–H and O–H groups in total. The highest BCUT2D eigenvalue weighted by Gasteiger charge is 2.30. The van der Waals surface area contributed by atoms with Crippen molar-refractivity contribution in [2.45, 2.75) is 18.8 Å². The zero-order chi connectivity index (χ0) is 17.1. The Hall–Kier alpha value is -2.53. The Kier molecular flexibility index (Phi) is 4.71. The molecule has 0 radical (unpaired) electrons. The number of hydrogen-bond acceptors (Lipinski definition) is 4. The quantitative estimate of drug-likeness (QED) is 0.676. The summed E-state index contributed by atoms with van der Waals surface area (Å²) >= 11 is 6.23. The molecule has 0 unspecified atom stereocenters. The lowest BCUT2D eigenvalue weighted by Crippen LogP contribution is -2.24. The number of nitrogens with one attached hydrogen (secondary N) is 1. The van der Waals surface area contributed by atoms with Crippen molar-refractivity contribution in [3.63, 3.8) is 0 Å². The number of ether oxygens (including phenoxy) is 2. The molecule has 0 saturated carbocycles. The van der Waals surface area contributed by atoms with Crippen LogP contribution in [0, 0.1) is 0 Å². The molecule has 0 aliphatic carbocycles. The largest absolute Gasteiger partial charge is 0.495 e. The predicted molar refractivity (Wildman–Crippen MR) is 90.7 cm³/mol. The molecule has 124 valence electrons. The normalized spacial score (nSPS) is 16.1. The molecule has 24 heavy (non-hydrogen) atoms. The highest BCUT2D eigenvalue weighted by Crippen LogP contribution is 2.41. The SMILES string of the molecule is COc1ccccc1NC(=O)C[C@H]1CC(=O)Oc2cccc(Cl)c21. The van der Waals surface area contributed by atoms with Crippen LogP contribution >= 0.6 is 11.6 Å². The fourth-order valence-corrected chi connectivity index (χ4v) is 3.14. The van der Waals surface area contributed by atoms with E-state index in [0.717, 1.165) is 0 Å². The number of carbonyl (C=O) groups excluding carboxylic acids is 2. The number of amides is 1. The van der Waals surface area contributed by atoms with E-state index in [9.17, 15) is 9.59 Å². The minimum absolute atomic E-state index is 0.121. The number of methoxy groups -OCH3 is 1. The van der Waals surface area contributed by atoms with Crippen LogP contribution in [0.1, 0.15) is 24.3 Å². The van der Waals surface area contributed by atoms with Crippen molar-refractivity contribution in [2.75, 3.05) is 12.4 Å². The standard InChI is InChI=1S/C18H16ClNO4/c1-23-14-7-3-2-6-13(14)20-16(21)9-11-10-17(22)24-15-8-4-5-12(19)18(11)15/h2-8,11H,9-10H2,1H3,(H,20,21)/t11-/m0/s1. The monoisotopic (exact) mass is 345 g/mol. The van der Waals surface area contributed by atoms with E-state index < -0.39 is 0 Å². The van der Waals surface area contributed by atoms with E-state index in [1.807, 2.05) is 12.1 Å². The van der Waals surface area contributed by atoms with E-state index in [0.29, 0.717) is 27.8 Å². The number of rotatable bonds is 4. The number of esters is 1. The summed E-state index contributed by atoms with van der Waals surface area (Å²) in [5, 5.41) is 3.31. The minimum Gasteiger partial charge on any atom is -0.495 e. The summed E-state index contributed by atoms with van der Waals surface area (Å²) in [6.07, 6.45) is 0.250. The first-order valence-electron chi connectivity index (χ1n) is 7.50. The van der Waals surface area contributed by atoms with Gasteiger partial charge in [-0.2, -0.15) is 0 Å². The molecule has 0 saturated heterocycles. The lowest BCUT2D eigenvalue weighted by Gasteiger charge is -2.25. The fraction of sp³-hybridized carbons (Fsp3) is 0.222. The third kappa shape index (κ3) is 3.36. The molecular weight excluding hydrogens is 330 g/mol. The molecule has 6 heteroatoms. The number of para-hydroxylation sites is 2. The van der Waals surface area contributed by atoms with E-state index in [1.54, 1.807) is 30.3 Å². The summed E-state index contributed by atoms with van der Waals surface area (Å²) in [6, 6.07) is 12.3. The molecule has 1 atom stereocenters. The highest BCUT2D eigenvalue weighted by molar-refractivity contribution is 6.31. The number of halogens is 1. The molecule has 1 aliphatic rings. The van der Waals surface area contributed by atoms with Gasteiger partial charge in [-0.25, -0.2) is 0 Å². The molecule has 1 amide bonds. The zero-order valence-corrected chi connectivity index (χ0v) is 13.8. The van der Waals surface area contributed by atoms with Crippen LogP contribution in [-0.2, 0) is 9.59 Å². The van der Waals surface area contributed by atoms with Gasteiger partial charge in [-0.05, 0) is 24.3 Å². The number of carbonyl (C=O) groups is 2. The molecule has 0 spiro atoms. The Bertz CT molecular complexity index is 790. The molecular formula is C18H16ClNO4. The highest BCUT2D eigenvalue weighted by atomic mass is 35.5. The van der Waals surface area contributed by atoms with Crippen LogP contribution in [0.2, 0.25) is 5.02 Å². The average Bonchev–Trinajstić information content (AvgIpc) is 2.54. The third-order valence-corrected chi connectivity index (χ3v) is 4.20. The molecule has 1 heterocycles. The van der Waals surface area contributed by atoms with Gasteiger partial charge in [0, 0.05) is 22.9 Å². The Morgan fingerprint density at radius 3 is 2.88 bits per heavy atom. The van der Waals surface area contributed by atoms with E-state index >= 15 is 0 Å². The van der Waals surface area contributed by atoms with Crippen LogP contribution < -0.4 is 14.8 Å². The Labute approximate surface area is 144 Å². The topological polar surface area (TPSA) is 64.6 Å². The summed E-state index contributed by atoms with van der Waals surface area (Å²) in [4.78, 5) is 24.2. The second kappa shape index (κ2) is 6.93. The van der Waals surface area contributed by atoms with Crippen molar-refractivity contribution in [3.05, 3.63) is 53.1 Å². The van der Waals surface area contributed by atoms with Crippen molar-refractivity contribution >= 4 is 29.2 Å². The fourth-order valence-electron chi connectivity index (χ4n) is 2.82.